The molecule has 0 aliphatic heterocycles. The average Bonchev–Trinajstić information content (AvgIpc) is 2.80. The molecule has 0 aliphatic rings. The first kappa shape index (κ1) is 33.5. The van der Waals surface area contributed by atoms with Crippen LogP contribution in [0.3, 0.4) is 0 Å². The van der Waals surface area contributed by atoms with Gasteiger partial charge < -0.3 is 54.2 Å². The van der Waals surface area contributed by atoms with Gasteiger partial charge in [-0.05, 0) is 25.7 Å². The molecule has 4 unspecified atom stereocenters. The first-order chi connectivity index (χ1) is 17.6. The van der Waals surface area contributed by atoms with E-state index in [9.17, 15) is 38.7 Å². The van der Waals surface area contributed by atoms with Crippen LogP contribution < -0.4 is 38.9 Å². The molecule has 0 aromatic carbocycles. The van der Waals surface area contributed by atoms with Gasteiger partial charge in [-0.3, -0.25) is 33.8 Å². The first-order valence-corrected chi connectivity index (χ1v) is 11.3. The lowest BCUT2D eigenvalue weighted by molar-refractivity contribution is -0.144. The quantitative estimate of drug-likeness (QED) is 0.0415. The van der Waals surface area contributed by atoms with Crippen molar-refractivity contribution in [1.82, 2.24) is 16.0 Å². The molecular weight excluding hydrogens is 512 g/mol. The van der Waals surface area contributed by atoms with Gasteiger partial charge in [0, 0.05) is 19.4 Å². The third-order valence-electron chi connectivity index (χ3n) is 4.89. The molecule has 18 nitrogen and oxygen atoms in total. The molecule has 214 valence electrons. The highest BCUT2D eigenvalue weighted by atomic mass is 16.4. The SMILES string of the molecule is NC(=O)CCC(NC(=O)C(N)CCC(=O)O)C(=O)NC(CC(=O)O)C(=O)NC(CCCN=C(N)N)C(=O)O. The lowest BCUT2D eigenvalue weighted by atomic mass is 10.1. The molecule has 0 rings (SSSR count). The van der Waals surface area contributed by atoms with Gasteiger partial charge >= 0.3 is 17.9 Å². The molecule has 0 aromatic rings. The summed E-state index contributed by atoms with van der Waals surface area (Å²) in [4.78, 5) is 86.2. The summed E-state index contributed by atoms with van der Waals surface area (Å²) in [5.41, 5.74) is 21.1. The predicted octanol–water partition coefficient (Wildman–Crippen LogP) is -4.49. The van der Waals surface area contributed by atoms with Gasteiger partial charge in [0.2, 0.25) is 23.6 Å². The van der Waals surface area contributed by atoms with Crippen molar-refractivity contribution in [2.75, 3.05) is 6.54 Å². The summed E-state index contributed by atoms with van der Waals surface area (Å²) in [6.45, 7) is 0.0626. The molecule has 0 spiro atoms. The number of nitrogens with one attached hydrogen (secondary N) is 3. The number of amides is 4. The predicted molar refractivity (Wildman–Crippen MR) is 129 cm³/mol. The van der Waals surface area contributed by atoms with Crippen molar-refractivity contribution in [3.63, 3.8) is 0 Å². The van der Waals surface area contributed by atoms with Crippen LogP contribution >= 0.6 is 0 Å². The molecule has 0 saturated carbocycles. The van der Waals surface area contributed by atoms with E-state index in [4.69, 9.17) is 33.1 Å². The Hall–Kier alpha value is -4.48. The molecule has 0 aliphatic carbocycles. The van der Waals surface area contributed by atoms with Crippen LogP contribution in [0, 0.1) is 0 Å². The monoisotopic (exact) mass is 546 g/mol. The van der Waals surface area contributed by atoms with E-state index in [0.29, 0.717) is 0 Å². The summed E-state index contributed by atoms with van der Waals surface area (Å²) < 4.78 is 0. The van der Waals surface area contributed by atoms with Crippen molar-refractivity contribution >= 4 is 47.5 Å². The van der Waals surface area contributed by atoms with Crippen molar-refractivity contribution in [1.29, 1.82) is 0 Å². The number of nitrogens with zero attached hydrogens (tertiary/aromatic N) is 1. The van der Waals surface area contributed by atoms with Gasteiger partial charge in [0.05, 0.1) is 12.5 Å². The van der Waals surface area contributed by atoms with E-state index < -0.39 is 85.0 Å². The number of primary amides is 1. The van der Waals surface area contributed by atoms with Gasteiger partial charge in [0.1, 0.15) is 18.1 Å². The van der Waals surface area contributed by atoms with E-state index in [2.05, 4.69) is 20.9 Å². The maximum absolute atomic E-state index is 12.8. The third-order valence-corrected chi connectivity index (χ3v) is 4.89. The Kier molecular flexibility index (Phi) is 15.0. The number of guanidine groups is 1. The van der Waals surface area contributed by atoms with Crippen LogP contribution in [-0.2, 0) is 33.6 Å². The Bertz CT molecular complexity index is 921. The van der Waals surface area contributed by atoms with Crippen LogP contribution in [0.25, 0.3) is 0 Å². The molecule has 4 amide bonds. The van der Waals surface area contributed by atoms with Crippen molar-refractivity contribution in [3.8, 4) is 0 Å². The number of hydrogen-bond acceptors (Lipinski definition) is 9. The molecule has 18 heteroatoms. The van der Waals surface area contributed by atoms with Gasteiger partial charge in [0.25, 0.3) is 0 Å². The number of aliphatic carboxylic acids is 3. The van der Waals surface area contributed by atoms with Gasteiger partial charge in [-0.2, -0.15) is 0 Å². The van der Waals surface area contributed by atoms with Gasteiger partial charge in [-0.25, -0.2) is 4.79 Å². The number of hydrogen-bond donors (Lipinski definition) is 10. The lowest BCUT2D eigenvalue weighted by Gasteiger charge is -2.24. The first-order valence-electron chi connectivity index (χ1n) is 11.3. The van der Waals surface area contributed by atoms with Crippen LogP contribution in [0.5, 0.6) is 0 Å². The highest BCUT2D eigenvalue weighted by Crippen LogP contribution is 2.05. The largest absolute Gasteiger partial charge is 0.481 e. The number of carboxylic acid groups (broad SMARTS) is 3. The van der Waals surface area contributed by atoms with Gasteiger partial charge in [-0.1, -0.05) is 0 Å². The summed E-state index contributed by atoms with van der Waals surface area (Å²) in [6.07, 6.45) is -2.39. The minimum Gasteiger partial charge on any atom is -0.481 e. The zero-order valence-electron chi connectivity index (χ0n) is 20.4. The number of aliphatic imine (C=N–C) groups is 1. The lowest BCUT2D eigenvalue weighted by Crippen LogP contribution is -2.57. The van der Waals surface area contributed by atoms with Crippen molar-refractivity contribution in [2.45, 2.75) is 69.1 Å². The molecule has 38 heavy (non-hydrogen) atoms. The molecule has 0 heterocycles. The Labute approximate surface area is 216 Å². The van der Waals surface area contributed by atoms with Crippen LogP contribution in [0.15, 0.2) is 4.99 Å². The summed E-state index contributed by atoms with van der Waals surface area (Å²) in [7, 11) is 0. The molecule has 0 radical (unpaired) electrons. The maximum atomic E-state index is 12.8. The van der Waals surface area contributed by atoms with E-state index >= 15 is 0 Å². The fourth-order valence-corrected chi connectivity index (χ4v) is 2.93. The summed E-state index contributed by atoms with van der Waals surface area (Å²) >= 11 is 0. The van der Waals surface area contributed by atoms with Crippen molar-refractivity contribution < 1.29 is 48.9 Å². The van der Waals surface area contributed by atoms with E-state index in [-0.39, 0.29) is 38.2 Å². The van der Waals surface area contributed by atoms with Gasteiger partial charge in [0.15, 0.2) is 5.96 Å². The zero-order chi connectivity index (χ0) is 29.4. The van der Waals surface area contributed by atoms with E-state index in [1.807, 2.05) is 0 Å². The number of nitrogens with two attached hydrogens (primary N) is 4. The smallest absolute Gasteiger partial charge is 0.326 e. The summed E-state index contributed by atoms with van der Waals surface area (Å²) in [5.74, 6) is -8.40. The van der Waals surface area contributed by atoms with E-state index in [1.54, 1.807) is 0 Å². The minimum absolute atomic E-state index is 0.0626. The second kappa shape index (κ2) is 17.1. The number of carbonyl (C=O) groups excluding carboxylic acids is 4. The minimum atomic E-state index is -1.77. The van der Waals surface area contributed by atoms with Crippen molar-refractivity contribution in [2.24, 2.45) is 27.9 Å². The molecule has 4 atom stereocenters. The molecule has 0 fully saturated rings. The average molecular weight is 547 g/mol. The second-order valence-corrected chi connectivity index (χ2v) is 8.11. The fourth-order valence-electron chi connectivity index (χ4n) is 2.93. The zero-order valence-corrected chi connectivity index (χ0v) is 20.4. The second-order valence-electron chi connectivity index (χ2n) is 8.11. The molecule has 0 aromatic heterocycles. The fraction of sp³-hybridized carbons (Fsp3) is 0.600. The topological polar surface area (TPSA) is 333 Å². The normalized spacial score (nSPS) is 13.6. The maximum Gasteiger partial charge on any atom is 0.326 e. The summed E-state index contributed by atoms with van der Waals surface area (Å²) in [5, 5.41) is 33.7. The Morgan fingerprint density at radius 3 is 1.74 bits per heavy atom. The van der Waals surface area contributed by atoms with Crippen LogP contribution in [0.4, 0.5) is 0 Å². The van der Waals surface area contributed by atoms with Crippen LogP contribution in [-0.4, -0.2) is 93.5 Å². The molecule has 0 saturated heterocycles. The Balaban J connectivity index is 5.55. The van der Waals surface area contributed by atoms with Crippen LogP contribution in [0.2, 0.25) is 0 Å². The molecule has 0 bridgehead atoms. The molecular formula is C20H34N8O10. The summed E-state index contributed by atoms with van der Waals surface area (Å²) in [6, 6.07) is -6.08. The Morgan fingerprint density at radius 2 is 1.24 bits per heavy atom. The number of carbonyl (C=O) groups is 7. The number of carboxylic acids is 3. The highest BCUT2D eigenvalue weighted by molar-refractivity contribution is 5.95. The highest BCUT2D eigenvalue weighted by Gasteiger charge is 2.31. The van der Waals surface area contributed by atoms with Crippen LogP contribution in [0.1, 0.15) is 44.9 Å². The third kappa shape index (κ3) is 14.8. The standard InChI is InChI=1S/C20H34N8O10/c21-9(3-6-14(30)31)16(34)26-10(4-5-13(22)29)17(35)28-12(8-15(32)33)18(36)27-11(19(37)38)2-1-7-25-20(23)24/h9-12H,1-8,21H2,(H2,22,29)(H,26,34)(H,27,36)(H,28,35)(H,30,31)(H,32,33)(H,37,38)(H4,23,24,25). The number of rotatable bonds is 19. The van der Waals surface area contributed by atoms with E-state index in [1.165, 1.54) is 0 Å². The Morgan fingerprint density at radius 1 is 0.684 bits per heavy atom. The van der Waals surface area contributed by atoms with Gasteiger partial charge in [-0.15, -0.1) is 0 Å². The molecule has 14 N–H and O–H groups in total. The van der Waals surface area contributed by atoms with Crippen molar-refractivity contribution in [3.05, 3.63) is 0 Å². The van der Waals surface area contributed by atoms with E-state index in [0.717, 1.165) is 0 Å².